The number of furan rings is 1. The van der Waals surface area contributed by atoms with Crippen molar-refractivity contribution in [2.75, 3.05) is 20.1 Å². The third kappa shape index (κ3) is 6.13. The van der Waals surface area contributed by atoms with E-state index in [1.807, 2.05) is 0 Å². The monoisotopic (exact) mass is 588 g/mol. The number of thiazole rings is 2. The number of benzene rings is 2. The molecule has 38 heavy (non-hydrogen) atoms. The summed E-state index contributed by atoms with van der Waals surface area (Å²) in [5.41, 5.74) is 1.25. The summed E-state index contributed by atoms with van der Waals surface area (Å²) in [7, 11) is -7.55. The van der Waals surface area contributed by atoms with Crippen LogP contribution in [0.5, 0.6) is 0 Å². The Bertz CT molecular complexity index is 1560. The molecule has 196 valence electrons. The number of hydrogen-bond acceptors (Lipinski definition) is 11. The number of hydrogen-bond donors (Lipinski definition) is 4. The first-order valence-corrected chi connectivity index (χ1v) is 15.6. The molecule has 0 atom stereocenters. The lowest BCUT2D eigenvalue weighted by Gasteiger charge is -2.21. The second kappa shape index (κ2) is 10.8. The zero-order valence-corrected chi connectivity index (χ0v) is 22.6. The SMILES string of the molecule is O=S(=O)(Nc1nccs1)c1ccc(NC(Nc2ccc(S(=O)(=O)Nc3nccs3)cc2)c2ccco2)cc1. The van der Waals surface area contributed by atoms with E-state index in [1.54, 1.807) is 47.2 Å². The molecule has 5 rings (SSSR count). The third-order valence-corrected chi connectivity index (χ3v) is 9.43. The van der Waals surface area contributed by atoms with Crippen LogP contribution in [0.4, 0.5) is 21.6 Å². The average molecular weight is 589 g/mol. The third-order valence-electron chi connectivity index (χ3n) is 5.09. The van der Waals surface area contributed by atoms with E-state index in [4.69, 9.17) is 4.42 Å². The largest absolute Gasteiger partial charge is 0.465 e. The zero-order valence-electron chi connectivity index (χ0n) is 19.3. The minimum Gasteiger partial charge on any atom is -0.465 e. The Hall–Kier alpha value is -3.92. The van der Waals surface area contributed by atoms with Gasteiger partial charge in [0, 0.05) is 34.5 Å². The molecule has 0 spiro atoms. The van der Waals surface area contributed by atoms with Gasteiger partial charge in [0.1, 0.15) is 5.76 Å². The van der Waals surface area contributed by atoms with Crippen molar-refractivity contribution in [2.45, 2.75) is 16.0 Å². The van der Waals surface area contributed by atoms with Crippen LogP contribution in [0.3, 0.4) is 0 Å². The highest BCUT2D eigenvalue weighted by Crippen LogP contribution is 2.26. The topological polar surface area (TPSA) is 155 Å². The van der Waals surface area contributed by atoms with Crippen molar-refractivity contribution in [1.82, 2.24) is 9.97 Å². The Morgan fingerprint density at radius 2 is 1.16 bits per heavy atom. The van der Waals surface area contributed by atoms with Crippen molar-refractivity contribution in [3.05, 3.63) is 95.8 Å². The van der Waals surface area contributed by atoms with E-state index in [9.17, 15) is 16.8 Å². The highest BCUT2D eigenvalue weighted by atomic mass is 32.2. The van der Waals surface area contributed by atoms with Crippen LogP contribution in [0, 0.1) is 0 Å². The van der Waals surface area contributed by atoms with Gasteiger partial charge in [-0.3, -0.25) is 9.44 Å². The molecule has 5 aromatic rings. The van der Waals surface area contributed by atoms with Crippen molar-refractivity contribution in [1.29, 1.82) is 0 Å². The Balaban J connectivity index is 1.30. The fraction of sp³-hybridized carbons (Fsp3) is 0.0435. The predicted molar refractivity (Wildman–Crippen MR) is 147 cm³/mol. The van der Waals surface area contributed by atoms with Crippen molar-refractivity contribution >= 4 is 64.4 Å². The Morgan fingerprint density at radius 3 is 1.53 bits per heavy atom. The van der Waals surface area contributed by atoms with Crippen LogP contribution >= 0.6 is 22.7 Å². The number of nitrogens with one attached hydrogen (secondary N) is 4. The molecule has 0 aliphatic carbocycles. The minimum atomic E-state index is -3.77. The lowest BCUT2D eigenvalue weighted by Crippen LogP contribution is -2.19. The second-order valence-electron chi connectivity index (χ2n) is 7.67. The molecular weight excluding hydrogens is 569 g/mol. The van der Waals surface area contributed by atoms with Gasteiger partial charge in [0.2, 0.25) is 0 Å². The van der Waals surface area contributed by atoms with Gasteiger partial charge in [0.05, 0.1) is 16.1 Å². The Kier molecular flexibility index (Phi) is 7.33. The van der Waals surface area contributed by atoms with E-state index in [0.717, 1.165) is 0 Å². The molecule has 0 aliphatic heterocycles. The molecule has 0 bridgehead atoms. The lowest BCUT2D eigenvalue weighted by molar-refractivity contribution is 0.494. The summed E-state index contributed by atoms with van der Waals surface area (Å²) in [4.78, 5) is 8.06. The first-order valence-electron chi connectivity index (χ1n) is 10.9. The summed E-state index contributed by atoms with van der Waals surface area (Å²) >= 11 is 2.37. The first kappa shape index (κ1) is 25.7. The van der Waals surface area contributed by atoms with Crippen LogP contribution in [-0.4, -0.2) is 26.8 Å². The second-order valence-corrected chi connectivity index (χ2v) is 12.8. The summed E-state index contributed by atoms with van der Waals surface area (Å²) in [5.74, 6) is 0.564. The first-order chi connectivity index (χ1) is 18.3. The van der Waals surface area contributed by atoms with E-state index < -0.39 is 26.2 Å². The van der Waals surface area contributed by atoms with E-state index in [1.165, 1.54) is 65.6 Å². The molecule has 0 unspecified atom stereocenters. The molecule has 3 heterocycles. The standard InChI is InChI=1S/C23H20N6O5S4/c30-37(31,28-22-24-11-14-35-22)18-7-3-16(4-8-18)26-21(20-2-1-13-34-20)27-17-5-9-19(10-6-17)38(32,33)29-23-25-12-15-36-23/h1-15,21,26-27H,(H,24,28)(H,25,29). The fourth-order valence-electron chi connectivity index (χ4n) is 3.32. The summed E-state index contributed by atoms with van der Waals surface area (Å²) in [6.07, 6.45) is 4.02. The van der Waals surface area contributed by atoms with E-state index in [2.05, 4.69) is 30.0 Å². The maximum Gasteiger partial charge on any atom is 0.263 e. The molecule has 0 saturated heterocycles. The molecule has 3 aromatic heterocycles. The van der Waals surface area contributed by atoms with E-state index in [-0.39, 0.29) is 20.1 Å². The van der Waals surface area contributed by atoms with Crippen molar-refractivity contribution in [3.63, 3.8) is 0 Å². The maximum atomic E-state index is 12.6. The maximum absolute atomic E-state index is 12.6. The van der Waals surface area contributed by atoms with Crippen molar-refractivity contribution < 1.29 is 21.3 Å². The number of rotatable bonds is 11. The van der Waals surface area contributed by atoms with Crippen LogP contribution in [0.1, 0.15) is 11.9 Å². The van der Waals surface area contributed by atoms with E-state index >= 15 is 0 Å². The van der Waals surface area contributed by atoms with E-state index in [0.29, 0.717) is 17.1 Å². The van der Waals surface area contributed by atoms with Crippen molar-refractivity contribution in [3.8, 4) is 0 Å². The van der Waals surface area contributed by atoms with Gasteiger partial charge in [-0.2, -0.15) is 0 Å². The molecule has 0 amide bonds. The number of aromatic nitrogens is 2. The fourth-order valence-corrected chi connectivity index (χ4v) is 6.90. The normalized spacial score (nSPS) is 11.8. The zero-order chi connectivity index (χ0) is 26.6. The highest BCUT2D eigenvalue weighted by molar-refractivity contribution is 7.93. The van der Waals surface area contributed by atoms with Gasteiger partial charge >= 0.3 is 0 Å². The average Bonchev–Trinajstić information content (AvgIpc) is 3.69. The van der Waals surface area contributed by atoms with Gasteiger partial charge in [0.15, 0.2) is 16.4 Å². The quantitative estimate of drug-likeness (QED) is 0.156. The minimum absolute atomic E-state index is 0.0870. The molecule has 0 saturated carbocycles. The molecular formula is C23H20N6O5S4. The molecule has 2 aromatic carbocycles. The summed E-state index contributed by atoms with van der Waals surface area (Å²) in [6.45, 7) is 0. The highest BCUT2D eigenvalue weighted by Gasteiger charge is 2.19. The van der Waals surface area contributed by atoms with Gasteiger partial charge in [0.25, 0.3) is 20.0 Å². The van der Waals surface area contributed by atoms with Gasteiger partial charge in [-0.15, -0.1) is 22.7 Å². The molecule has 11 nitrogen and oxygen atoms in total. The van der Waals surface area contributed by atoms with Gasteiger partial charge in [-0.25, -0.2) is 26.8 Å². The molecule has 15 heteroatoms. The number of nitrogens with zero attached hydrogens (tertiary/aromatic N) is 2. The Labute approximate surface area is 226 Å². The van der Waals surface area contributed by atoms with Crippen LogP contribution in [0.2, 0.25) is 0 Å². The number of anilines is 4. The van der Waals surface area contributed by atoms with Crippen LogP contribution in [0.25, 0.3) is 0 Å². The van der Waals surface area contributed by atoms with Gasteiger partial charge in [-0.05, 0) is 60.7 Å². The number of sulfonamides is 2. The molecule has 0 aliphatic rings. The van der Waals surface area contributed by atoms with Crippen LogP contribution in [0.15, 0.2) is 104 Å². The van der Waals surface area contributed by atoms with Gasteiger partial charge < -0.3 is 15.1 Å². The summed E-state index contributed by atoms with van der Waals surface area (Å²) in [5, 5.41) is 10.4. The summed E-state index contributed by atoms with van der Waals surface area (Å²) < 4.78 is 60.9. The van der Waals surface area contributed by atoms with Crippen LogP contribution in [-0.2, 0) is 20.0 Å². The molecule has 0 radical (unpaired) electrons. The smallest absolute Gasteiger partial charge is 0.263 e. The molecule has 0 fully saturated rings. The lowest BCUT2D eigenvalue weighted by atomic mass is 10.2. The predicted octanol–water partition coefficient (Wildman–Crippen LogP) is 5.02. The van der Waals surface area contributed by atoms with Crippen LogP contribution < -0.4 is 20.1 Å². The molecule has 4 N–H and O–H groups in total. The Morgan fingerprint density at radius 1 is 0.684 bits per heavy atom. The summed E-state index contributed by atoms with van der Waals surface area (Å²) in [6, 6.07) is 16.0. The van der Waals surface area contributed by atoms with Crippen molar-refractivity contribution in [2.24, 2.45) is 0 Å². The van der Waals surface area contributed by atoms with Gasteiger partial charge in [-0.1, -0.05) is 0 Å².